The summed E-state index contributed by atoms with van der Waals surface area (Å²) in [6.07, 6.45) is 4.35. The Bertz CT molecular complexity index is 649. The maximum atomic E-state index is 4.54. The summed E-state index contributed by atoms with van der Waals surface area (Å²) in [6.45, 7) is 7.38. The van der Waals surface area contributed by atoms with Crippen molar-refractivity contribution < 1.29 is 0 Å². The first-order valence-electron chi connectivity index (χ1n) is 8.41. The lowest BCUT2D eigenvalue weighted by Gasteiger charge is -2.38. The molecule has 1 aliphatic heterocycles. The average molecular weight is 313 g/mol. The number of anilines is 1. The van der Waals surface area contributed by atoms with Gasteiger partial charge in [-0.25, -0.2) is 4.98 Å². The van der Waals surface area contributed by atoms with E-state index in [1.165, 1.54) is 24.1 Å². The molecule has 0 N–H and O–H groups in total. The van der Waals surface area contributed by atoms with E-state index < -0.39 is 0 Å². The van der Waals surface area contributed by atoms with E-state index in [9.17, 15) is 0 Å². The van der Waals surface area contributed by atoms with Crippen molar-refractivity contribution in [3.05, 3.63) is 41.3 Å². The normalized spacial score (nSPS) is 18.7. The highest BCUT2D eigenvalue weighted by Gasteiger charge is 2.25. The SMILES string of the molecule is Cc1nn(C)c(C)c1CN(C)[C@@H]1CCCN(c2ccccn2)C1. The van der Waals surface area contributed by atoms with Crippen LogP contribution in [0.1, 0.15) is 29.8 Å². The zero-order valence-corrected chi connectivity index (χ0v) is 14.7. The van der Waals surface area contributed by atoms with Gasteiger partial charge in [0.1, 0.15) is 5.82 Å². The molecule has 5 nitrogen and oxygen atoms in total. The number of likely N-dealkylation sites (N-methyl/N-ethyl adjacent to an activating group) is 1. The molecule has 1 atom stereocenters. The van der Waals surface area contributed by atoms with Gasteiger partial charge in [-0.1, -0.05) is 6.07 Å². The van der Waals surface area contributed by atoms with E-state index in [1.807, 2.05) is 24.0 Å². The van der Waals surface area contributed by atoms with Crippen molar-refractivity contribution in [1.29, 1.82) is 0 Å². The second kappa shape index (κ2) is 6.71. The molecule has 23 heavy (non-hydrogen) atoms. The minimum Gasteiger partial charge on any atom is -0.355 e. The monoisotopic (exact) mass is 313 g/mol. The largest absolute Gasteiger partial charge is 0.355 e. The quantitative estimate of drug-likeness (QED) is 0.869. The predicted octanol–water partition coefficient (Wildman–Crippen LogP) is 2.53. The summed E-state index contributed by atoms with van der Waals surface area (Å²) in [4.78, 5) is 9.39. The first-order chi connectivity index (χ1) is 11.1. The van der Waals surface area contributed by atoms with Gasteiger partial charge in [-0.2, -0.15) is 5.10 Å². The molecule has 2 aromatic rings. The topological polar surface area (TPSA) is 37.2 Å². The highest BCUT2D eigenvalue weighted by atomic mass is 15.3. The highest BCUT2D eigenvalue weighted by Crippen LogP contribution is 2.22. The minimum atomic E-state index is 0.560. The van der Waals surface area contributed by atoms with E-state index in [0.717, 1.165) is 31.1 Å². The fraction of sp³-hybridized carbons (Fsp3) is 0.556. The van der Waals surface area contributed by atoms with Gasteiger partial charge in [0.25, 0.3) is 0 Å². The van der Waals surface area contributed by atoms with Crippen LogP contribution in [-0.2, 0) is 13.6 Å². The Kier molecular flexibility index (Phi) is 4.66. The van der Waals surface area contributed by atoms with Crippen LogP contribution in [-0.4, -0.2) is 45.8 Å². The molecular formula is C18H27N5. The van der Waals surface area contributed by atoms with Gasteiger partial charge in [-0.05, 0) is 45.9 Å². The van der Waals surface area contributed by atoms with Crippen LogP contribution in [0, 0.1) is 13.8 Å². The second-order valence-electron chi connectivity index (χ2n) is 6.62. The van der Waals surface area contributed by atoms with Crippen LogP contribution in [0.2, 0.25) is 0 Å². The van der Waals surface area contributed by atoms with Crippen molar-refractivity contribution in [2.45, 2.75) is 39.3 Å². The Balaban J connectivity index is 1.68. The van der Waals surface area contributed by atoms with Gasteiger partial charge in [-0.3, -0.25) is 9.58 Å². The van der Waals surface area contributed by atoms with Gasteiger partial charge in [0.05, 0.1) is 5.69 Å². The van der Waals surface area contributed by atoms with Crippen LogP contribution in [0.15, 0.2) is 24.4 Å². The molecule has 3 heterocycles. The molecule has 0 aromatic carbocycles. The van der Waals surface area contributed by atoms with E-state index in [1.54, 1.807) is 0 Å². The number of aryl methyl sites for hydroxylation is 2. The van der Waals surface area contributed by atoms with E-state index in [-0.39, 0.29) is 0 Å². The third-order valence-corrected chi connectivity index (χ3v) is 5.06. The molecule has 5 heteroatoms. The van der Waals surface area contributed by atoms with Gasteiger partial charge in [0, 0.05) is 50.2 Å². The molecule has 0 unspecified atom stereocenters. The number of hydrogen-bond donors (Lipinski definition) is 0. The Hall–Kier alpha value is -1.88. The van der Waals surface area contributed by atoms with Crippen LogP contribution in [0.5, 0.6) is 0 Å². The minimum absolute atomic E-state index is 0.560. The van der Waals surface area contributed by atoms with E-state index >= 15 is 0 Å². The number of hydrogen-bond acceptors (Lipinski definition) is 4. The molecule has 0 bridgehead atoms. The Morgan fingerprint density at radius 2 is 2.13 bits per heavy atom. The van der Waals surface area contributed by atoms with Crippen LogP contribution in [0.25, 0.3) is 0 Å². The zero-order chi connectivity index (χ0) is 16.4. The zero-order valence-electron chi connectivity index (χ0n) is 14.7. The summed E-state index contributed by atoms with van der Waals surface area (Å²) in [5.74, 6) is 1.10. The van der Waals surface area contributed by atoms with Crippen molar-refractivity contribution in [3.8, 4) is 0 Å². The molecule has 0 aliphatic carbocycles. The van der Waals surface area contributed by atoms with Crippen LogP contribution < -0.4 is 4.90 Å². The third-order valence-electron chi connectivity index (χ3n) is 5.06. The summed E-state index contributed by atoms with van der Waals surface area (Å²) in [7, 11) is 4.26. The molecule has 3 rings (SSSR count). The molecule has 0 amide bonds. The van der Waals surface area contributed by atoms with Gasteiger partial charge in [-0.15, -0.1) is 0 Å². The lowest BCUT2D eigenvalue weighted by molar-refractivity contribution is 0.207. The number of aromatic nitrogens is 3. The van der Waals surface area contributed by atoms with Crippen LogP contribution in [0.3, 0.4) is 0 Å². The molecule has 0 spiro atoms. The molecular weight excluding hydrogens is 286 g/mol. The van der Waals surface area contributed by atoms with E-state index in [4.69, 9.17) is 0 Å². The van der Waals surface area contributed by atoms with Gasteiger partial charge < -0.3 is 4.90 Å². The summed E-state index contributed by atoms with van der Waals surface area (Å²) in [5.41, 5.74) is 3.78. The highest BCUT2D eigenvalue weighted by molar-refractivity contribution is 5.38. The number of pyridine rings is 1. The molecule has 1 saturated heterocycles. The maximum Gasteiger partial charge on any atom is 0.128 e. The molecule has 0 saturated carbocycles. The Morgan fingerprint density at radius 3 is 2.78 bits per heavy atom. The second-order valence-corrected chi connectivity index (χ2v) is 6.62. The van der Waals surface area contributed by atoms with E-state index in [0.29, 0.717) is 6.04 Å². The Labute approximate surface area is 138 Å². The fourth-order valence-corrected chi connectivity index (χ4v) is 3.49. The fourth-order valence-electron chi connectivity index (χ4n) is 3.49. The smallest absolute Gasteiger partial charge is 0.128 e. The van der Waals surface area contributed by atoms with Crippen molar-refractivity contribution in [1.82, 2.24) is 19.7 Å². The molecule has 2 aromatic heterocycles. The lowest BCUT2D eigenvalue weighted by Crippen LogP contribution is -2.46. The summed E-state index contributed by atoms with van der Waals surface area (Å²) >= 11 is 0. The van der Waals surface area contributed by atoms with Crippen molar-refractivity contribution in [2.24, 2.45) is 7.05 Å². The summed E-state index contributed by atoms with van der Waals surface area (Å²) in [5, 5.41) is 4.54. The maximum absolute atomic E-state index is 4.54. The van der Waals surface area contributed by atoms with Crippen molar-refractivity contribution >= 4 is 5.82 Å². The van der Waals surface area contributed by atoms with Crippen molar-refractivity contribution in [3.63, 3.8) is 0 Å². The number of rotatable bonds is 4. The van der Waals surface area contributed by atoms with Crippen LogP contribution in [0.4, 0.5) is 5.82 Å². The standard InChI is InChI=1S/C18H27N5/c1-14-17(15(2)22(4)20-14)13-21(3)16-8-7-11-23(12-16)18-9-5-6-10-19-18/h5-6,9-10,16H,7-8,11-13H2,1-4H3/t16-/m1/s1. The summed E-state index contributed by atoms with van der Waals surface area (Å²) < 4.78 is 1.99. The number of nitrogens with zero attached hydrogens (tertiary/aromatic N) is 5. The average Bonchev–Trinajstić information content (AvgIpc) is 2.82. The van der Waals surface area contributed by atoms with Gasteiger partial charge in [0.2, 0.25) is 0 Å². The molecule has 0 radical (unpaired) electrons. The van der Waals surface area contributed by atoms with Crippen LogP contribution >= 0.6 is 0 Å². The predicted molar refractivity (Wildman–Crippen MR) is 93.6 cm³/mol. The molecule has 1 aliphatic rings. The first kappa shape index (κ1) is 16.0. The molecule has 1 fully saturated rings. The van der Waals surface area contributed by atoms with E-state index in [2.05, 4.69) is 52.9 Å². The number of piperidine rings is 1. The van der Waals surface area contributed by atoms with Gasteiger partial charge >= 0.3 is 0 Å². The summed E-state index contributed by atoms with van der Waals surface area (Å²) in [6, 6.07) is 6.71. The Morgan fingerprint density at radius 1 is 1.30 bits per heavy atom. The third kappa shape index (κ3) is 3.39. The molecule has 124 valence electrons. The lowest BCUT2D eigenvalue weighted by atomic mass is 10.0. The van der Waals surface area contributed by atoms with Crippen molar-refractivity contribution in [2.75, 3.05) is 25.0 Å². The first-order valence-corrected chi connectivity index (χ1v) is 8.41. The van der Waals surface area contributed by atoms with Gasteiger partial charge in [0.15, 0.2) is 0 Å².